The normalized spacial score (nSPS) is 31.2. The summed E-state index contributed by atoms with van der Waals surface area (Å²) >= 11 is 0. The molecule has 2 bridgehead atoms. The van der Waals surface area contributed by atoms with Gasteiger partial charge in [-0.1, -0.05) is 20.3 Å². The second-order valence-electron chi connectivity index (χ2n) is 9.85. The van der Waals surface area contributed by atoms with E-state index in [0.29, 0.717) is 12.8 Å². The Bertz CT molecular complexity index is 841. The molecule has 7 nitrogen and oxygen atoms in total. The third-order valence-corrected chi connectivity index (χ3v) is 6.88. The van der Waals surface area contributed by atoms with E-state index in [4.69, 9.17) is 9.84 Å². The Balaban J connectivity index is 0.000000513. The zero-order chi connectivity index (χ0) is 26.1. The van der Waals surface area contributed by atoms with Gasteiger partial charge in [-0.15, -0.1) is 13.2 Å². The van der Waals surface area contributed by atoms with Crippen LogP contribution in [0.3, 0.4) is 0 Å². The van der Waals surface area contributed by atoms with Crippen molar-refractivity contribution in [2.75, 3.05) is 6.61 Å². The molecule has 202 valence electrons. The van der Waals surface area contributed by atoms with Crippen LogP contribution in [0.4, 0.5) is 22.0 Å². The van der Waals surface area contributed by atoms with Crippen molar-refractivity contribution in [2.45, 2.75) is 114 Å². The van der Waals surface area contributed by atoms with Gasteiger partial charge in [-0.05, 0) is 32.1 Å². The van der Waals surface area contributed by atoms with E-state index in [-0.39, 0.29) is 44.0 Å². The molecular formula is C23H36F5N3O4. The zero-order valence-electron chi connectivity index (χ0n) is 20.2. The highest BCUT2D eigenvalue weighted by molar-refractivity contribution is 5.78. The molecule has 0 unspecified atom stereocenters. The summed E-state index contributed by atoms with van der Waals surface area (Å²) in [6, 6.07) is 0. The van der Waals surface area contributed by atoms with E-state index in [1.165, 1.54) is 25.0 Å². The number of nitrogens with zero attached hydrogens (tertiary/aromatic N) is 2. The van der Waals surface area contributed by atoms with Gasteiger partial charge in [0.25, 0.3) is 0 Å². The first-order chi connectivity index (χ1) is 16.2. The Labute approximate surface area is 202 Å². The number of ether oxygens (including phenoxy) is 2. The topological polar surface area (TPSA) is 85.6 Å². The molecule has 6 rings (SSSR count). The summed E-state index contributed by atoms with van der Waals surface area (Å²) in [6.07, 6.45) is 1.59. The largest absolute Gasteiger partial charge is 0.522 e. The molecule has 5 aliphatic rings. The summed E-state index contributed by atoms with van der Waals surface area (Å²) in [5.41, 5.74) is 1.14. The van der Waals surface area contributed by atoms with Crippen molar-refractivity contribution in [1.29, 1.82) is 0 Å². The summed E-state index contributed by atoms with van der Waals surface area (Å²) in [5, 5.41) is 10.2. The third-order valence-electron chi connectivity index (χ3n) is 6.88. The second kappa shape index (κ2) is 10.3. The van der Waals surface area contributed by atoms with Crippen LogP contribution in [-0.4, -0.2) is 57.4 Å². The number of aliphatic hydroxyl groups is 1. The van der Waals surface area contributed by atoms with Gasteiger partial charge in [-0.3, -0.25) is 9.53 Å². The number of carbonyl (C=O) groups is 1. The van der Waals surface area contributed by atoms with Gasteiger partial charge in [0.05, 0.1) is 29.8 Å². The molecule has 1 heterocycles. The van der Waals surface area contributed by atoms with Gasteiger partial charge in [0.2, 0.25) is 5.91 Å². The molecule has 1 amide bonds. The molecule has 5 saturated carbocycles. The van der Waals surface area contributed by atoms with E-state index in [1.807, 2.05) is 20.2 Å². The van der Waals surface area contributed by atoms with Crippen LogP contribution in [0, 0.1) is 0 Å². The molecule has 1 aromatic heterocycles. The predicted molar refractivity (Wildman–Crippen MR) is 118 cm³/mol. The lowest BCUT2D eigenvalue weighted by Gasteiger charge is -2.70. The third kappa shape index (κ3) is 7.13. The number of amides is 1. The lowest BCUT2D eigenvalue weighted by molar-refractivity contribution is -0.357. The Morgan fingerprint density at radius 1 is 1.20 bits per heavy atom. The molecule has 5 aliphatic carbocycles. The van der Waals surface area contributed by atoms with E-state index in [2.05, 4.69) is 25.8 Å². The van der Waals surface area contributed by atoms with Gasteiger partial charge in [0.1, 0.15) is 6.61 Å². The minimum Gasteiger partial charge on any atom is -0.368 e. The summed E-state index contributed by atoms with van der Waals surface area (Å²) in [7, 11) is 0. The highest BCUT2D eigenvalue weighted by atomic mass is 19.4. The fourth-order valence-corrected chi connectivity index (χ4v) is 5.12. The minimum absolute atomic E-state index is 0. The van der Waals surface area contributed by atoms with Crippen LogP contribution in [0.25, 0.3) is 0 Å². The van der Waals surface area contributed by atoms with E-state index in [9.17, 15) is 26.7 Å². The number of aromatic nitrogens is 2. The van der Waals surface area contributed by atoms with Gasteiger partial charge in [0, 0.05) is 38.8 Å². The lowest BCUT2D eigenvalue weighted by atomic mass is 9.44. The molecule has 35 heavy (non-hydrogen) atoms. The smallest absolute Gasteiger partial charge is 0.368 e. The fourth-order valence-electron chi connectivity index (χ4n) is 5.12. The maximum atomic E-state index is 12.1. The van der Waals surface area contributed by atoms with Crippen molar-refractivity contribution < 1.29 is 42.8 Å². The first-order valence-electron chi connectivity index (χ1n) is 12.1. The number of nitrogens with one attached hydrogen (secondary N) is 1. The van der Waals surface area contributed by atoms with Crippen LogP contribution in [0.2, 0.25) is 0 Å². The molecule has 1 aromatic rings. The number of hydrogen-bond acceptors (Lipinski definition) is 5. The summed E-state index contributed by atoms with van der Waals surface area (Å²) in [4.78, 5) is 16.7. The Kier molecular flexibility index (Phi) is 8.17. The zero-order valence-corrected chi connectivity index (χ0v) is 20.2. The Morgan fingerprint density at radius 3 is 2.26 bits per heavy atom. The van der Waals surface area contributed by atoms with Crippen molar-refractivity contribution in [3.8, 4) is 0 Å². The average molecular weight is 514 g/mol. The fraction of sp³-hybridized carbons (Fsp3) is 0.826. The SMILES string of the molecule is CC.CC(O)(F)F.O=C(COC1CC(OC(F)(F)F)C1)NC12CC(n3cnc(C4CCC4)c3)(C1)C2.[HH]. The summed E-state index contributed by atoms with van der Waals surface area (Å²) < 4.78 is 69.0. The number of imidazole rings is 1. The molecule has 12 heteroatoms. The molecule has 0 aromatic carbocycles. The quantitative estimate of drug-likeness (QED) is 0.510. The molecule has 0 atom stereocenters. The van der Waals surface area contributed by atoms with Crippen molar-refractivity contribution in [1.82, 2.24) is 14.9 Å². The van der Waals surface area contributed by atoms with Gasteiger partial charge in [0.15, 0.2) is 0 Å². The van der Waals surface area contributed by atoms with Crippen LogP contribution in [-0.2, 0) is 19.8 Å². The predicted octanol–water partition coefficient (Wildman–Crippen LogP) is 4.85. The van der Waals surface area contributed by atoms with Crippen LogP contribution in [0.1, 0.15) is 85.2 Å². The van der Waals surface area contributed by atoms with Crippen molar-refractivity contribution in [3.05, 3.63) is 18.2 Å². The number of alkyl halides is 5. The average Bonchev–Trinajstić information content (AvgIpc) is 3.05. The summed E-state index contributed by atoms with van der Waals surface area (Å²) in [6.45, 7) is 4.29. The second-order valence-corrected chi connectivity index (χ2v) is 9.85. The van der Waals surface area contributed by atoms with Crippen LogP contribution < -0.4 is 5.32 Å². The number of rotatable bonds is 7. The Hall–Kier alpha value is -1.79. The maximum Gasteiger partial charge on any atom is 0.522 e. The van der Waals surface area contributed by atoms with E-state index in [0.717, 1.165) is 19.3 Å². The number of hydrogen-bond donors (Lipinski definition) is 2. The van der Waals surface area contributed by atoms with Gasteiger partial charge in [-0.2, -0.15) is 8.78 Å². The minimum atomic E-state index is -4.61. The maximum absolute atomic E-state index is 12.1. The lowest BCUT2D eigenvalue weighted by Crippen LogP contribution is -2.78. The van der Waals surface area contributed by atoms with Crippen LogP contribution in [0.5, 0.6) is 0 Å². The Morgan fingerprint density at radius 2 is 1.77 bits per heavy atom. The monoisotopic (exact) mass is 513 g/mol. The van der Waals surface area contributed by atoms with Gasteiger partial charge >= 0.3 is 12.5 Å². The molecule has 2 N–H and O–H groups in total. The highest BCUT2D eigenvalue weighted by Crippen LogP contribution is 2.65. The molecule has 0 aliphatic heterocycles. The molecule has 0 radical (unpaired) electrons. The highest BCUT2D eigenvalue weighted by Gasteiger charge is 2.69. The van der Waals surface area contributed by atoms with Crippen LogP contribution in [0.15, 0.2) is 12.5 Å². The standard InChI is InChI=1S/C19H24F3N3O3.C2H4F2O.C2H6.H2/c20-19(21,22)28-14-4-13(5-14)27-7-16(26)24-17-8-18(9-17,10-17)25-6-15(23-11-25)12-2-1-3-12;1-2(3,4)5;1-2;/h6,11-14H,1-5,7-10H2,(H,24,26);5H,1H3;1-2H3;1H. The van der Waals surface area contributed by atoms with E-state index < -0.39 is 18.6 Å². The van der Waals surface area contributed by atoms with E-state index in [1.54, 1.807) is 0 Å². The molecule has 0 saturated heterocycles. The first-order valence-corrected chi connectivity index (χ1v) is 12.1. The van der Waals surface area contributed by atoms with Crippen LogP contribution >= 0.6 is 0 Å². The number of halogens is 5. The van der Waals surface area contributed by atoms with Crippen molar-refractivity contribution in [3.63, 3.8) is 0 Å². The van der Waals surface area contributed by atoms with Crippen molar-refractivity contribution in [2.24, 2.45) is 0 Å². The molecule has 5 fully saturated rings. The molecule has 0 spiro atoms. The van der Waals surface area contributed by atoms with E-state index >= 15 is 0 Å². The molecular weight excluding hydrogens is 477 g/mol. The summed E-state index contributed by atoms with van der Waals surface area (Å²) in [5.74, 6) is 0.418. The number of carbonyl (C=O) groups excluding carboxylic acids is 1. The first kappa shape index (κ1) is 27.8. The van der Waals surface area contributed by atoms with Gasteiger partial charge < -0.3 is 19.7 Å². The van der Waals surface area contributed by atoms with Gasteiger partial charge in [-0.25, -0.2) is 4.98 Å². The van der Waals surface area contributed by atoms with Crippen molar-refractivity contribution >= 4 is 5.91 Å².